The highest BCUT2D eigenvalue weighted by molar-refractivity contribution is 5.96. The maximum Gasteiger partial charge on any atom is 0.354 e. The van der Waals surface area contributed by atoms with Crippen molar-refractivity contribution in [2.45, 2.75) is 19.8 Å². The number of rotatable bonds is 10. The first-order valence-electron chi connectivity index (χ1n) is 12.8. The number of pyridine rings is 1. The van der Waals surface area contributed by atoms with E-state index in [1.807, 2.05) is 97.1 Å². The maximum absolute atomic E-state index is 11.9. The Morgan fingerprint density at radius 3 is 1.82 bits per heavy atom. The number of carbonyl (C=O) groups is 1. The molecule has 0 atom stereocenters. The third-order valence-electron chi connectivity index (χ3n) is 6.05. The van der Waals surface area contributed by atoms with E-state index in [2.05, 4.69) is 16.8 Å². The molecule has 1 aromatic heterocycles. The van der Waals surface area contributed by atoms with E-state index in [-0.39, 0.29) is 25.5 Å². The number of hydrogen-bond acceptors (Lipinski definition) is 5. The van der Waals surface area contributed by atoms with Gasteiger partial charge in [0.1, 0.15) is 36.8 Å². The van der Waals surface area contributed by atoms with E-state index in [4.69, 9.17) is 14.2 Å². The Morgan fingerprint density at radius 2 is 1.25 bits per heavy atom. The Bertz CT molecular complexity index is 1640. The largest absolute Gasteiger partial charge is 0.488 e. The lowest BCUT2D eigenvalue weighted by atomic mass is 10.1. The average Bonchev–Trinajstić information content (AvgIpc) is 3.00. The number of nitrogens with zero attached hydrogens (tertiary/aromatic N) is 1. The van der Waals surface area contributed by atoms with Crippen LogP contribution in [-0.4, -0.2) is 22.7 Å². The summed E-state index contributed by atoms with van der Waals surface area (Å²) in [6.07, 6.45) is 0. The minimum absolute atomic E-state index is 0.131. The molecule has 0 aliphatic carbocycles. The van der Waals surface area contributed by atoms with Crippen molar-refractivity contribution in [3.8, 4) is 23.3 Å². The molecule has 0 spiro atoms. The molecule has 1 N–H and O–H groups in total. The van der Waals surface area contributed by atoms with Crippen LogP contribution in [0, 0.1) is 11.8 Å². The Hall–Kier alpha value is -5.12. The molecule has 0 unspecified atom stereocenters. The van der Waals surface area contributed by atoms with E-state index in [0.717, 1.165) is 16.7 Å². The van der Waals surface area contributed by atoms with Crippen LogP contribution < -0.4 is 9.47 Å². The van der Waals surface area contributed by atoms with Gasteiger partial charge >= 0.3 is 5.97 Å². The predicted octanol–water partition coefficient (Wildman–Crippen LogP) is 6.66. The lowest BCUT2D eigenvalue weighted by molar-refractivity contribution is 0.0690. The molecular formula is C34H27NO5. The number of ether oxygens (including phenoxy) is 3. The van der Waals surface area contributed by atoms with Crippen LogP contribution in [0.1, 0.15) is 32.7 Å². The third-order valence-corrected chi connectivity index (χ3v) is 6.05. The molecule has 0 amide bonds. The predicted molar refractivity (Wildman–Crippen MR) is 153 cm³/mol. The van der Waals surface area contributed by atoms with E-state index >= 15 is 0 Å². The molecule has 5 rings (SSSR count). The Morgan fingerprint density at radius 1 is 0.700 bits per heavy atom. The van der Waals surface area contributed by atoms with Gasteiger partial charge in [-0.25, -0.2) is 9.78 Å². The van der Waals surface area contributed by atoms with Gasteiger partial charge in [-0.05, 0) is 28.8 Å². The average molecular weight is 530 g/mol. The van der Waals surface area contributed by atoms with Crippen LogP contribution in [0.15, 0.2) is 109 Å². The van der Waals surface area contributed by atoms with Crippen LogP contribution >= 0.6 is 0 Å². The summed E-state index contributed by atoms with van der Waals surface area (Å²) in [6, 6.07) is 34.4. The van der Waals surface area contributed by atoms with Crippen LogP contribution in [0.3, 0.4) is 0 Å². The van der Waals surface area contributed by atoms with E-state index in [1.54, 1.807) is 6.07 Å². The van der Waals surface area contributed by atoms with Gasteiger partial charge in [0.25, 0.3) is 0 Å². The molecule has 0 aliphatic heterocycles. The van der Waals surface area contributed by atoms with Crippen LogP contribution in [0.5, 0.6) is 11.5 Å². The van der Waals surface area contributed by atoms with E-state index in [0.29, 0.717) is 34.6 Å². The van der Waals surface area contributed by atoms with Crippen molar-refractivity contribution < 1.29 is 24.1 Å². The van der Waals surface area contributed by atoms with Crippen molar-refractivity contribution in [3.63, 3.8) is 0 Å². The number of hydrogen-bond donors (Lipinski definition) is 1. The summed E-state index contributed by atoms with van der Waals surface area (Å²) in [4.78, 5) is 16.3. The fraction of sp³-hybridized carbons (Fsp3) is 0.118. The molecule has 0 radical (unpaired) electrons. The molecule has 1 heterocycles. The van der Waals surface area contributed by atoms with Gasteiger partial charge in [-0.3, -0.25) is 0 Å². The van der Waals surface area contributed by atoms with Crippen molar-refractivity contribution in [2.24, 2.45) is 0 Å². The molecule has 6 nitrogen and oxygen atoms in total. The number of aromatic nitrogens is 1. The summed E-state index contributed by atoms with van der Waals surface area (Å²) in [5, 5.41) is 10.4. The molecule has 6 heteroatoms. The number of carboxylic acids is 1. The highest BCUT2D eigenvalue weighted by Crippen LogP contribution is 2.34. The van der Waals surface area contributed by atoms with Gasteiger partial charge in [0.15, 0.2) is 5.69 Å². The third kappa shape index (κ3) is 7.04. The smallest absolute Gasteiger partial charge is 0.354 e. The lowest BCUT2D eigenvalue weighted by Gasteiger charge is -2.14. The van der Waals surface area contributed by atoms with Crippen molar-refractivity contribution in [1.29, 1.82) is 0 Å². The first-order valence-corrected chi connectivity index (χ1v) is 12.8. The van der Waals surface area contributed by atoms with Gasteiger partial charge in [0.05, 0.1) is 6.61 Å². The molecule has 0 fully saturated rings. The van der Waals surface area contributed by atoms with Crippen LogP contribution in [0.4, 0.5) is 0 Å². The first kappa shape index (κ1) is 26.5. The number of aromatic carboxylic acids is 1. The van der Waals surface area contributed by atoms with Crippen molar-refractivity contribution in [2.75, 3.05) is 6.61 Å². The van der Waals surface area contributed by atoms with Crippen molar-refractivity contribution in [3.05, 3.63) is 137 Å². The molecule has 0 bridgehead atoms. The molecule has 4 aromatic carbocycles. The Labute approximate surface area is 232 Å². The molecule has 5 aromatic rings. The van der Waals surface area contributed by atoms with Crippen LogP contribution in [0.25, 0.3) is 10.9 Å². The minimum Gasteiger partial charge on any atom is -0.488 e. The molecule has 0 aliphatic rings. The summed E-state index contributed by atoms with van der Waals surface area (Å²) < 4.78 is 18.0. The quantitative estimate of drug-likeness (QED) is 0.161. The van der Waals surface area contributed by atoms with Gasteiger partial charge in [0, 0.05) is 17.0 Å². The summed E-state index contributed by atoms with van der Waals surface area (Å²) in [5.74, 6) is 5.86. The molecular weight excluding hydrogens is 502 g/mol. The van der Waals surface area contributed by atoms with Crippen molar-refractivity contribution in [1.82, 2.24) is 4.98 Å². The normalized spacial score (nSPS) is 10.5. The SMILES string of the molecule is O=C(O)c1cc(OCc2ccccc2)c2cc(C#CCOCc3ccccc3)cc(OCc3ccccc3)c2n1. The fourth-order valence-corrected chi connectivity index (χ4v) is 4.08. The second-order valence-corrected chi connectivity index (χ2v) is 9.01. The van der Waals surface area contributed by atoms with E-state index < -0.39 is 5.97 Å². The first-order chi connectivity index (χ1) is 19.7. The highest BCUT2D eigenvalue weighted by atomic mass is 16.5. The summed E-state index contributed by atoms with van der Waals surface area (Å²) >= 11 is 0. The van der Waals surface area contributed by atoms with Crippen LogP contribution in [-0.2, 0) is 24.6 Å². The Kier molecular flexibility index (Phi) is 8.67. The second kappa shape index (κ2) is 13.1. The van der Waals surface area contributed by atoms with Gasteiger partial charge in [0.2, 0.25) is 0 Å². The van der Waals surface area contributed by atoms with E-state index in [9.17, 15) is 9.90 Å². The summed E-state index contributed by atoms with van der Waals surface area (Å²) in [6.45, 7) is 1.27. The molecule has 0 saturated carbocycles. The minimum atomic E-state index is -1.15. The van der Waals surface area contributed by atoms with Gasteiger partial charge in [-0.2, -0.15) is 0 Å². The zero-order chi connectivity index (χ0) is 27.6. The molecule has 40 heavy (non-hydrogen) atoms. The van der Waals surface area contributed by atoms with Gasteiger partial charge < -0.3 is 19.3 Å². The lowest BCUT2D eigenvalue weighted by Crippen LogP contribution is -2.05. The van der Waals surface area contributed by atoms with Crippen molar-refractivity contribution >= 4 is 16.9 Å². The second-order valence-electron chi connectivity index (χ2n) is 9.01. The van der Waals surface area contributed by atoms with Crippen LogP contribution in [0.2, 0.25) is 0 Å². The zero-order valence-corrected chi connectivity index (χ0v) is 21.7. The molecule has 0 saturated heterocycles. The van der Waals surface area contributed by atoms with Gasteiger partial charge in [-0.15, -0.1) is 0 Å². The number of fused-ring (bicyclic) bond motifs is 1. The number of benzene rings is 4. The van der Waals surface area contributed by atoms with Gasteiger partial charge in [-0.1, -0.05) is 103 Å². The fourth-order valence-electron chi connectivity index (χ4n) is 4.08. The number of carboxylic acid groups (broad SMARTS) is 1. The summed E-state index contributed by atoms with van der Waals surface area (Å²) in [7, 11) is 0. The molecule has 198 valence electrons. The highest BCUT2D eigenvalue weighted by Gasteiger charge is 2.17. The summed E-state index contributed by atoms with van der Waals surface area (Å²) in [5.41, 5.74) is 3.94. The zero-order valence-electron chi connectivity index (χ0n) is 21.7. The maximum atomic E-state index is 11.9. The monoisotopic (exact) mass is 529 g/mol. The topological polar surface area (TPSA) is 77.9 Å². The van der Waals surface area contributed by atoms with E-state index in [1.165, 1.54) is 6.07 Å². The Balaban J connectivity index is 1.47. The standard InChI is InChI=1S/C34H27NO5/c36-34(37)30-21-31(39-23-26-13-6-2-7-14-26)29-19-28(17-10-18-38-22-25-11-4-1-5-12-25)20-32(33(29)35-30)40-24-27-15-8-3-9-16-27/h1-9,11-16,19-21H,18,22-24H2,(H,36,37).